The Morgan fingerprint density at radius 3 is 2.18 bits per heavy atom. The number of benzene rings is 3. The van der Waals surface area contributed by atoms with Crippen LogP contribution in [0.1, 0.15) is 16.7 Å². The van der Waals surface area contributed by atoms with E-state index in [0.29, 0.717) is 35.4 Å². The minimum absolute atomic E-state index is 0. The van der Waals surface area contributed by atoms with Gasteiger partial charge in [-0.2, -0.15) is 8.42 Å². The molecule has 0 aliphatic heterocycles. The molecule has 11 heteroatoms. The maximum Gasteiger partial charge on any atom is 0.332 e. The van der Waals surface area contributed by atoms with E-state index in [-0.39, 0.29) is 34.4 Å². The number of hydrogen-bond acceptors (Lipinski definition) is 4. The van der Waals surface area contributed by atoms with Gasteiger partial charge in [0.1, 0.15) is 5.75 Å². The number of nitrogens with zero attached hydrogens (tertiary/aromatic N) is 2. The molecule has 0 radical (unpaired) electrons. The van der Waals surface area contributed by atoms with Gasteiger partial charge in [0.2, 0.25) is 0 Å². The molecule has 1 heterocycles. The van der Waals surface area contributed by atoms with Crippen molar-refractivity contribution in [2.45, 2.75) is 24.5 Å². The van der Waals surface area contributed by atoms with E-state index < -0.39 is 10.2 Å². The Labute approximate surface area is 247 Å². The molecule has 1 aromatic heterocycles. The zero-order chi connectivity index (χ0) is 27.1. The molecule has 0 atom stereocenters. The lowest BCUT2D eigenvalue weighted by molar-refractivity contribution is -0.688. The summed E-state index contributed by atoms with van der Waals surface area (Å²) in [4.78, 5) is 14.5. The second kappa shape index (κ2) is 13.9. The third-order valence-corrected chi connectivity index (χ3v) is 7.26. The van der Waals surface area contributed by atoms with Crippen molar-refractivity contribution in [2.75, 3.05) is 6.61 Å². The predicted octanol–water partition coefficient (Wildman–Crippen LogP) is 2.60. The second-order valence-electron chi connectivity index (χ2n) is 8.57. The largest absolute Gasteiger partial charge is 1.00 e. The van der Waals surface area contributed by atoms with Gasteiger partial charge in [-0.3, -0.25) is 4.79 Å². The minimum atomic E-state index is -4.74. The van der Waals surface area contributed by atoms with Crippen LogP contribution in [0.4, 0.5) is 3.89 Å². The van der Waals surface area contributed by atoms with Gasteiger partial charge in [-0.15, -0.1) is 3.89 Å². The van der Waals surface area contributed by atoms with Crippen LogP contribution in [-0.4, -0.2) is 25.8 Å². The van der Waals surface area contributed by atoms with Gasteiger partial charge in [-0.1, -0.05) is 65.7 Å². The number of pyridine rings is 1. The van der Waals surface area contributed by atoms with Crippen molar-refractivity contribution in [3.63, 3.8) is 0 Å². The maximum atomic E-state index is 13.2. The summed E-state index contributed by atoms with van der Waals surface area (Å²) in [5, 5.41) is 0.740. The topological polar surface area (TPSA) is 67.6 Å². The van der Waals surface area contributed by atoms with E-state index in [1.807, 2.05) is 59.4 Å². The van der Waals surface area contributed by atoms with Crippen molar-refractivity contribution in [1.29, 1.82) is 0 Å². The van der Waals surface area contributed by atoms with Gasteiger partial charge in [0.05, 0.1) is 21.5 Å². The van der Waals surface area contributed by atoms with Crippen LogP contribution in [0.25, 0.3) is 0 Å². The zero-order valence-corrected chi connectivity index (χ0v) is 24.4. The number of aromatic nitrogens is 1. The van der Waals surface area contributed by atoms with Crippen LogP contribution in [0.3, 0.4) is 0 Å². The average molecular weight is 654 g/mol. The standard InChI is InChI=1S/C28H24Cl2FN2O4S.BrH/c29-26-13-10-24(15-27(26)30)37-20-28(34)33(18-21-5-2-1-3-6-21)19-23-7-4-14-32(17-23)16-22-8-11-25(12-9-22)38(31,35)36;/h1-15,17H,16,18-20H2;1H/q+1;/p-1. The fraction of sp³-hybridized carbons (Fsp3) is 0.143. The molecule has 0 saturated carbocycles. The Hall–Kier alpha value is -2.98. The quantitative estimate of drug-likeness (QED) is 0.195. The molecule has 3 aromatic carbocycles. The van der Waals surface area contributed by atoms with Gasteiger partial charge >= 0.3 is 10.2 Å². The first-order chi connectivity index (χ1) is 18.2. The molecule has 204 valence electrons. The van der Waals surface area contributed by atoms with E-state index in [2.05, 4.69) is 0 Å². The van der Waals surface area contributed by atoms with Crippen molar-refractivity contribution in [3.05, 3.63) is 124 Å². The number of rotatable bonds is 10. The number of amides is 1. The normalized spacial score (nSPS) is 10.9. The SMILES string of the molecule is O=C(COc1ccc(Cl)c(Cl)c1)N(Cc1ccccc1)Cc1ccc[n+](Cc2ccc(S(=O)(=O)F)cc2)c1.[Br-]. The molecule has 39 heavy (non-hydrogen) atoms. The Morgan fingerprint density at radius 2 is 1.51 bits per heavy atom. The summed E-state index contributed by atoms with van der Waals surface area (Å²) in [6.45, 7) is 0.978. The fourth-order valence-electron chi connectivity index (χ4n) is 3.80. The molecule has 1 amide bonds. The summed E-state index contributed by atoms with van der Waals surface area (Å²) in [6, 6.07) is 23.9. The highest BCUT2D eigenvalue weighted by Crippen LogP contribution is 2.26. The van der Waals surface area contributed by atoms with Crippen LogP contribution in [0.5, 0.6) is 5.75 Å². The predicted molar refractivity (Wildman–Crippen MR) is 143 cm³/mol. The summed E-state index contributed by atoms with van der Waals surface area (Å²) in [7, 11) is -4.74. The molecule has 0 unspecified atom stereocenters. The Balaban J connectivity index is 0.00000420. The van der Waals surface area contributed by atoms with E-state index >= 15 is 0 Å². The summed E-state index contributed by atoms with van der Waals surface area (Å²) in [6.07, 6.45) is 3.77. The first kappa shape index (κ1) is 30.6. The van der Waals surface area contributed by atoms with Gasteiger partial charge in [-0.25, -0.2) is 4.57 Å². The van der Waals surface area contributed by atoms with Crippen molar-refractivity contribution in [3.8, 4) is 5.75 Å². The smallest absolute Gasteiger partial charge is 0.332 e. The van der Waals surface area contributed by atoms with E-state index in [9.17, 15) is 17.1 Å². The number of carbonyl (C=O) groups is 1. The third-order valence-electron chi connectivity index (χ3n) is 5.69. The molecular formula is C28H24BrCl2FN2O4S. The first-order valence-corrected chi connectivity index (χ1v) is 13.7. The van der Waals surface area contributed by atoms with Gasteiger partial charge in [0.25, 0.3) is 5.91 Å². The molecule has 4 rings (SSSR count). The van der Waals surface area contributed by atoms with E-state index in [1.54, 1.807) is 35.2 Å². The van der Waals surface area contributed by atoms with Crippen molar-refractivity contribution in [1.82, 2.24) is 4.90 Å². The summed E-state index contributed by atoms with van der Waals surface area (Å²) in [5.41, 5.74) is 2.66. The Kier molecular flexibility index (Phi) is 10.9. The minimum Gasteiger partial charge on any atom is -1.00 e. The number of carbonyl (C=O) groups excluding carboxylic acids is 1. The average Bonchev–Trinajstić information content (AvgIpc) is 2.89. The fourth-order valence-corrected chi connectivity index (χ4v) is 4.55. The van der Waals surface area contributed by atoms with E-state index in [0.717, 1.165) is 16.7 Å². The van der Waals surface area contributed by atoms with E-state index in [1.165, 1.54) is 12.1 Å². The molecular weight excluding hydrogens is 630 g/mol. The number of hydrogen-bond donors (Lipinski definition) is 0. The highest BCUT2D eigenvalue weighted by atomic mass is 79.9. The monoisotopic (exact) mass is 652 g/mol. The lowest BCUT2D eigenvalue weighted by Crippen LogP contribution is -3.00. The summed E-state index contributed by atoms with van der Waals surface area (Å²) in [5.74, 6) is 0.231. The van der Waals surface area contributed by atoms with E-state index in [4.69, 9.17) is 27.9 Å². The molecule has 6 nitrogen and oxygen atoms in total. The highest BCUT2D eigenvalue weighted by molar-refractivity contribution is 7.86. The molecule has 0 bridgehead atoms. The highest BCUT2D eigenvalue weighted by Gasteiger charge is 2.18. The van der Waals surface area contributed by atoms with Gasteiger partial charge in [0, 0.05) is 29.8 Å². The lowest BCUT2D eigenvalue weighted by Gasteiger charge is -2.23. The van der Waals surface area contributed by atoms with Crippen LogP contribution in [0, 0.1) is 0 Å². The third kappa shape index (κ3) is 9.03. The summed E-state index contributed by atoms with van der Waals surface area (Å²) >= 11 is 12.0. The van der Waals surface area contributed by atoms with Gasteiger partial charge < -0.3 is 26.6 Å². The number of halogens is 4. The van der Waals surface area contributed by atoms with Crippen LogP contribution < -0.4 is 26.3 Å². The number of ether oxygens (including phenoxy) is 1. The lowest BCUT2D eigenvalue weighted by atomic mass is 10.2. The Morgan fingerprint density at radius 1 is 0.846 bits per heavy atom. The molecule has 0 fully saturated rings. The first-order valence-electron chi connectivity index (χ1n) is 11.6. The van der Waals surface area contributed by atoms with Gasteiger partial charge in [0.15, 0.2) is 25.5 Å². The maximum absolute atomic E-state index is 13.2. The zero-order valence-electron chi connectivity index (χ0n) is 20.5. The molecule has 4 aromatic rings. The molecule has 0 N–H and O–H groups in total. The van der Waals surface area contributed by atoms with Crippen LogP contribution in [0.2, 0.25) is 10.0 Å². The van der Waals surface area contributed by atoms with Crippen molar-refractivity contribution >= 4 is 39.3 Å². The second-order valence-corrected chi connectivity index (χ2v) is 10.7. The Bertz CT molecular complexity index is 1520. The van der Waals surface area contributed by atoms with Crippen molar-refractivity contribution < 1.29 is 43.4 Å². The van der Waals surface area contributed by atoms with Crippen LogP contribution in [0.15, 0.2) is 102 Å². The van der Waals surface area contributed by atoms with Gasteiger partial charge in [-0.05, 0) is 35.9 Å². The molecule has 0 aliphatic rings. The van der Waals surface area contributed by atoms with Crippen LogP contribution >= 0.6 is 23.2 Å². The molecule has 0 spiro atoms. The molecule has 0 aliphatic carbocycles. The van der Waals surface area contributed by atoms with Crippen LogP contribution in [-0.2, 0) is 34.7 Å². The summed E-state index contributed by atoms with van der Waals surface area (Å²) < 4.78 is 42.9. The molecule has 0 saturated heterocycles. The van der Waals surface area contributed by atoms with Crippen molar-refractivity contribution in [2.24, 2.45) is 0 Å².